The quantitative estimate of drug-likeness (QED) is 0.914. The Morgan fingerprint density at radius 1 is 1.14 bits per heavy atom. The van der Waals surface area contributed by atoms with Gasteiger partial charge in [-0.1, -0.05) is 39.0 Å². The second-order valence-corrected chi connectivity index (χ2v) is 6.01. The van der Waals surface area contributed by atoms with E-state index in [9.17, 15) is 4.39 Å². The Kier molecular flexibility index (Phi) is 4.23. The van der Waals surface area contributed by atoms with Gasteiger partial charge in [0.05, 0.1) is 6.04 Å². The molecule has 0 radical (unpaired) electrons. The second-order valence-electron chi connectivity index (χ2n) is 6.01. The van der Waals surface area contributed by atoms with Crippen molar-refractivity contribution in [2.24, 2.45) is 5.41 Å². The van der Waals surface area contributed by atoms with Gasteiger partial charge >= 0.3 is 0 Å². The number of pyridine rings is 1. The van der Waals surface area contributed by atoms with Crippen LogP contribution in [0.3, 0.4) is 0 Å². The Hall–Kier alpha value is -2.41. The lowest BCUT2D eigenvalue weighted by atomic mass is 9.82. The molecule has 0 amide bonds. The van der Waals surface area contributed by atoms with Crippen LogP contribution in [-0.2, 0) is 0 Å². The maximum Gasteiger partial charge on any atom is 0.142 e. The Labute approximate surface area is 124 Å². The molecule has 0 aliphatic carbocycles. The van der Waals surface area contributed by atoms with Crippen molar-refractivity contribution in [1.29, 1.82) is 5.26 Å². The van der Waals surface area contributed by atoms with Crippen LogP contribution < -0.4 is 5.32 Å². The highest BCUT2D eigenvalue weighted by atomic mass is 19.1. The van der Waals surface area contributed by atoms with Crippen LogP contribution in [0.2, 0.25) is 0 Å². The smallest absolute Gasteiger partial charge is 0.142 e. The summed E-state index contributed by atoms with van der Waals surface area (Å²) < 4.78 is 13.1. The first kappa shape index (κ1) is 15.0. The number of benzene rings is 1. The molecule has 0 fully saturated rings. The van der Waals surface area contributed by atoms with Gasteiger partial charge < -0.3 is 5.32 Å². The zero-order valence-corrected chi connectivity index (χ0v) is 12.4. The number of rotatable bonds is 3. The maximum atomic E-state index is 13.1. The van der Waals surface area contributed by atoms with Crippen LogP contribution in [0, 0.1) is 22.6 Å². The fourth-order valence-corrected chi connectivity index (χ4v) is 2.18. The third kappa shape index (κ3) is 3.79. The Morgan fingerprint density at radius 3 is 2.38 bits per heavy atom. The van der Waals surface area contributed by atoms with Gasteiger partial charge in [0.2, 0.25) is 0 Å². The van der Waals surface area contributed by atoms with Gasteiger partial charge in [-0.2, -0.15) is 5.26 Å². The number of nitriles is 1. The van der Waals surface area contributed by atoms with Crippen LogP contribution in [0.15, 0.2) is 42.5 Å². The predicted molar refractivity (Wildman–Crippen MR) is 81.2 cm³/mol. The van der Waals surface area contributed by atoms with Gasteiger partial charge in [0, 0.05) is 0 Å². The molecular formula is C17H18FN3. The average molecular weight is 283 g/mol. The van der Waals surface area contributed by atoms with Crippen molar-refractivity contribution in [1.82, 2.24) is 4.98 Å². The zero-order valence-electron chi connectivity index (χ0n) is 12.4. The largest absolute Gasteiger partial charge is 0.363 e. The minimum Gasteiger partial charge on any atom is -0.363 e. The molecule has 1 atom stereocenters. The van der Waals surface area contributed by atoms with E-state index < -0.39 is 0 Å². The molecule has 0 aliphatic rings. The summed E-state index contributed by atoms with van der Waals surface area (Å²) in [7, 11) is 0. The number of hydrogen-bond donors (Lipinski definition) is 1. The van der Waals surface area contributed by atoms with Crippen molar-refractivity contribution < 1.29 is 4.39 Å². The lowest BCUT2D eigenvalue weighted by Gasteiger charge is -2.32. The molecule has 108 valence electrons. The van der Waals surface area contributed by atoms with Gasteiger partial charge in [-0.15, -0.1) is 0 Å². The molecule has 0 aliphatic heterocycles. The molecule has 0 saturated carbocycles. The number of aromatic nitrogens is 1. The van der Waals surface area contributed by atoms with Gasteiger partial charge in [-0.25, -0.2) is 9.37 Å². The summed E-state index contributed by atoms with van der Waals surface area (Å²) >= 11 is 0. The van der Waals surface area contributed by atoms with Crippen molar-refractivity contribution in [2.75, 3.05) is 5.32 Å². The van der Waals surface area contributed by atoms with E-state index >= 15 is 0 Å². The molecule has 1 heterocycles. The minimum atomic E-state index is -0.254. The maximum absolute atomic E-state index is 13.1. The van der Waals surface area contributed by atoms with Crippen LogP contribution in [0.1, 0.15) is 38.1 Å². The highest BCUT2D eigenvalue weighted by Gasteiger charge is 2.26. The molecule has 2 rings (SSSR count). The van der Waals surface area contributed by atoms with Crippen LogP contribution in [-0.4, -0.2) is 4.98 Å². The fourth-order valence-electron chi connectivity index (χ4n) is 2.18. The lowest BCUT2D eigenvalue weighted by molar-refractivity contribution is 0.346. The Morgan fingerprint density at radius 2 is 1.81 bits per heavy atom. The fraction of sp³-hybridized carbons (Fsp3) is 0.294. The van der Waals surface area contributed by atoms with Crippen LogP contribution in [0.4, 0.5) is 10.2 Å². The summed E-state index contributed by atoms with van der Waals surface area (Å²) in [6.45, 7) is 6.30. The predicted octanol–water partition coefficient (Wildman–Crippen LogP) is 4.29. The molecule has 0 spiro atoms. The van der Waals surface area contributed by atoms with Crippen molar-refractivity contribution in [3.05, 3.63) is 59.5 Å². The van der Waals surface area contributed by atoms with E-state index in [1.807, 2.05) is 12.1 Å². The first-order valence-electron chi connectivity index (χ1n) is 6.79. The van der Waals surface area contributed by atoms with Crippen molar-refractivity contribution in [3.8, 4) is 6.07 Å². The molecule has 0 saturated heterocycles. The van der Waals surface area contributed by atoms with E-state index in [0.717, 1.165) is 5.56 Å². The van der Waals surface area contributed by atoms with Crippen LogP contribution in [0.25, 0.3) is 0 Å². The highest BCUT2D eigenvalue weighted by Crippen LogP contribution is 2.35. The lowest BCUT2D eigenvalue weighted by Crippen LogP contribution is -2.26. The molecule has 1 aromatic heterocycles. The molecule has 1 N–H and O–H groups in total. The topological polar surface area (TPSA) is 48.7 Å². The SMILES string of the molecule is CC(C)(C)C(Nc1cccc(C#N)n1)c1ccc(F)cc1. The van der Waals surface area contributed by atoms with Crippen molar-refractivity contribution in [2.45, 2.75) is 26.8 Å². The van der Waals surface area contributed by atoms with E-state index in [-0.39, 0.29) is 17.3 Å². The van der Waals surface area contributed by atoms with Crippen LogP contribution >= 0.6 is 0 Å². The van der Waals surface area contributed by atoms with Crippen LogP contribution in [0.5, 0.6) is 0 Å². The molecule has 0 bridgehead atoms. The number of nitrogens with one attached hydrogen (secondary N) is 1. The average Bonchev–Trinajstić information content (AvgIpc) is 2.45. The molecule has 21 heavy (non-hydrogen) atoms. The number of hydrogen-bond acceptors (Lipinski definition) is 3. The molecular weight excluding hydrogens is 265 g/mol. The minimum absolute atomic E-state index is 0.0421. The summed E-state index contributed by atoms with van der Waals surface area (Å²) in [5.41, 5.74) is 1.25. The number of anilines is 1. The second kappa shape index (κ2) is 5.92. The monoisotopic (exact) mass is 283 g/mol. The van der Waals surface area contributed by atoms with E-state index in [1.165, 1.54) is 12.1 Å². The summed E-state index contributed by atoms with van der Waals surface area (Å²) in [6.07, 6.45) is 0. The third-order valence-corrected chi connectivity index (χ3v) is 3.23. The number of nitrogens with zero attached hydrogens (tertiary/aromatic N) is 2. The molecule has 2 aromatic rings. The molecule has 3 nitrogen and oxygen atoms in total. The van der Waals surface area contributed by atoms with E-state index in [4.69, 9.17) is 5.26 Å². The number of halogens is 1. The molecule has 1 aromatic carbocycles. The Bertz CT molecular complexity index is 651. The van der Waals surface area contributed by atoms with Crippen molar-refractivity contribution >= 4 is 5.82 Å². The first-order chi connectivity index (χ1) is 9.90. The normalized spacial score (nSPS) is 12.5. The van der Waals surface area contributed by atoms with Gasteiger partial charge in [0.15, 0.2) is 0 Å². The van der Waals surface area contributed by atoms with Gasteiger partial charge in [-0.3, -0.25) is 0 Å². The third-order valence-electron chi connectivity index (χ3n) is 3.23. The summed E-state index contributed by atoms with van der Waals surface area (Å²) in [6, 6.07) is 13.7. The summed E-state index contributed by atoms with van der Waals surface area (Å²) in [5, 5.41) is 12.3. The highest BCUT2D eigenvalue weighted by molar-refractivity contribution is 5.42. The first-order valence-corrected chi connectivity index (χ1v) is 6.79. The van der Waals surface area contributed by atoms with E-state index in [1.54, 1.807) is 24.3 Å². The van der Waals surface area contributed by atoms with Gasteiger partial charge in [0.25, 0.3) is 0 Å². The van der Waals surface area contributed by atoms with E-state index in [2.05, 4.69) is 31.1 Å². The molecule has 1 unspecified atom stereocenters. The summed E-state index contributed by atoms with van der Waals surface area (Å²) in [4.78, 5) is 4.24. The van der Waals surface area contributed by atoms with Gasteiger partial charge in [0.1, 0.15) is 23.4 Å². The van der Waals surface area contributed by atoms with Crippen molar-refractivity contribution in [3.63, 3.8) is 0 Å². The summed E-state index contributed by atoms with van der Waals surface area (Å²) in [5.74, 6) is 0.384. The van der Waals surface area contributed by atoms with Gasteiger partial charge in [-0.05, 0) is 35.2 Å². The van der Waals surface area contributed by atoms with E-state index in [0.29, 0.717) is 11.5 Å². The zero-order chi connectivity index (χ0) is 15.5. The molecule has 4 heteroatoms. The standard InChI is InChI=1S/C17H18FN3/c1-17(2,3)16(12-7-9-13(18)10-8-12)21-15-6-4-5-14(11-19)20-15/h4-10,16H,1-3H3,(H,20,21). The Balaban J connectivity index is 2.33.